The molecule has 0 saturated heterocycles. The standard InChI is InChI=1S/C14H19/c1-2-4-6-8-10-12-14-13-11-9-7-5-3-1/h1-3,6,8,12,14H,4,7,9-11,13H2/b2-1-,5-3?,8-6-,14-12+. The first-order valence-electron chi connectivity index (χ1n) is 5.52. The summed E-state index contributed by atoms with van der Waals surface area (Å²) in [5.41, 5.74) is 0. The lowest BCUT2D eigenvalue weighted by atomic mass is 10.1. The molecular formula is C14H19. The fourth-order valence-electron chi connectivity index (χ4n) is 1.35. The van der Waals surface area contributed by atoms with Gasteiger partial charge < -0.3 is 0 Å². The maximum atomic E-state index is 3.28. The summed E-state index contributed by atoms with van der Waals surface area (Å²) >= 11 is 0. The van der Waals surface area contributed by atoms with Crippen LogP contribution >= 0.6 is 0 Å². The molecule has 0 spiro atoms. The van der Waals surface area contributed by atoms with Crippen molar-refractivity contribution in [3.05, 3.63) is 48.6 Å². The highest BCUT2D eigenvalue weighted by atomic mass is 13.9. The van der Waals surface area contributed by atoms with E-state index in [0.717, 1.165) is 19.3 Å². The molecular weight excluding hydrogens is 168 g/mol. The predicted molar refractivity (Wildman–Crippen MR) is 62.9 cm³/mol. The molecule has 0 unspecified atom stereocenters. The van der Waals surface area contributed by atoms with Crippen LogP contribution in [-0.2, 0) is 0 Å². The van der Waals surface area contributed by atoms with Crippen LogP contribution in [0.25, 0.3) is 0 Å². The van der Waals surface area contributed by atoms with Crippen molar-refractivity contribution in [1.82, 2.24) is 0 Å². The first-order valence-corrected chi connectivity index (χ1v) is 5.52. The van der Waals surface area contributed by atoms with E-state index >= 15 is 0 Å². The van der Waals surface area contributed by atoms with Crippen LogP contribution in [-0.4, -0.2) is 0 Å². The van der Waals surface area contributed by atoms with Gasteiger partial charge in [-0.25, -0.2) is 0 Å². The predicted octanol–water partition coefficient (Wildman–Crippen LogP) is 4.37. The van der Waals surface area contributed by atoms with E-state index in [1.807, 2.05) is 6.08 Å². The van der Waals surface area contributed by atoms with Crippen LogP contribution in [0.4, 0.5) is 0 Å². The minimum Gasteiger partial charge on any atom is -0.0882 e. The van der Waals surface area contributed by atoms with E-state index in [4.69, 9.17) is 0 Å². The van der Waals surface area contributed by atoms with E-state index in [1.54, 1.807) is 0 Å². The molecule has 0 nitrogen and oxygen atoms in total. The van der Waals surface area contributed by atoms with Gasteiger partial charge in [0.15, 0.2) is 0 Å². The molecule has 1 rings (SSSR count). The second kappa shape index (κ2) is 8.55. The Morgan fingerprint density at radius 3 is 2.50 bits per heavy atom. The summed E-state index contributed by atoms with van der Waals surface area (Å²) in [7, 11) is 0. The summed E-state index contributed by atoms with van der Waals surface area (Å²) in [4.78, 5) is 0. The average Bonchev–Trinajstić information content (AvgIpc) is 2.22. The molecule has 0 aromatic rings. The van der Waals surface area contributed by atoms with Crippen molar-refractivity contribution in [3.63, 3.8) is 0 Å². The molecule has 0 aromatic heterocycles. The largest absolute Gasteiger partial charge is 0.0882 e. The third-order valence-corrected chi connectivity index (χ3v) is 2.17. The highest BCUT2D eigenvalue weighted by Crippen LogP contribution is 2.02. The molecule has 0 heteroatoms. The minimum absolute atomic E-state index is 1.03. The van der Waals surface area contributed by atoms with Crippen molar-refractivity contribution < 1.29 is 0 Å². The number of allylic oxidation sites excluding steroid dienone is 8. The van der Waals surface area contributed by atoms with Gasteiger partial charge in [0.25, 0.3) is 0 Å². The number of rotatable bonds is 0. The molecule has 0 N–H and O–H groups in total. The van der Waals surface area contributed by atoms with Crippen LogP contribution < -0.4 is 0 Å². The summed E-state index contributed by atoms with van der Waals surface area (Å²) in [5.74, 6) is 0. The second-order valence-corrected chi connectivity index (χ2v) is 3.46. The Morgan fingerprint density at radius 2 is 1.57 bits per heavy atom. The molecule has 0 heterocycles. The highest BCUT2D eigenvalue weighted by Gasteiger charge is 1.83. The Hall–Kier alpha value is -1.04. The Morgan fingerprint density at radius 1 is 0.786 bits per heavy atom. The zero-order chi connectivity index (χ0) is 9.90. The van der Waals surface area contributed by atoms with Gasteiger partial charge in [0.2, 0.25) is 0 Å². The molecule has 75 valence electrons. The maximum Gasteiger partial charge on any atom is -0.0166 e. The van der Waals surface area contributed by atoms with Crippen molar-refractivity contribution in [2.75, 3.05) is 0 Å². The molecule has 0 bridgehead atoms. The SMILES string of the molecule is [C]1=C/C=C\C/C=C\C/C=C/CCCC/1. The van der Waals surface area contributed by atoms with Crippen molar-refractivity contribution in [3.8, 4) is 0 Å². The first-order chi connectivity index (χ1) is 7.00. The maximum absolute atomic E-state index is 3.28. The lowest BCUT2D eigenvalue weighted by molar-refractivity contribution is 0.753. The number of hydrogen-bond acceptors (Lipinski definition) is 0. The lowest BCUT2D eigenvalue weighted by Crippen LogP contribution is -1.73. The van der Waals surface area contributed by atoms with Crippen LogP contribution in [0.5, 0.6) is 0 Å². The molecule has 0 atom stereocenters. The molecule has 0 aromatic carbocycles. The van der Waals surface area contributed by atoms with Crippen LogP contribution in [0.3, 0.4) is 0 Å². The van der Waals surface area contributed by atoms with E-state index < -0.39 is 0 Å². The van der Waals surface area contributed by atoms with Crippen LogP contribution in [0.1, 0.15) is 38.5 Å². The molecule has 1 radical (unpaired) electrons. The summed E-state index contributed by atoms with van der Waals surface area (Å²) in [6.07, 6.45) is 25.5. The van der Waals surface area contributed by atoms with Gasteiger partial charge in [0, 0.05) is 0 Å². The van der Waals surface area contributed by atoms with E-state index in [0.29, 0.717) is 0 Å². The van der Waals surface area contributed by atoms with Crippen molar-refractivity contribution in [2.24, 2.45) is 0 Å². The van der Waals surface area contributed by atoms with Gasteiger partial charge >= 0.3 is 0 Å². The molecule has 1 aliphatic carbocycles. The van der Waals surface area contributed by atoms with Gasteiger partial charge in [-0.1, -0.05) is 42.5 Å². The topological polar surface area (TPSA) is 0 Å². The Bertz CT molecular complexity index is 228. The van der Waals surface area contributed by atoms with Gasteiger partial charge in [0.05, 0.1) is 0 Å². The van der Waals surface area contributed by atoms with Gasteiger partial charge in [0.1, 0.15) is 0 Å². The summed E-state index contributed by atoms with van der Waals surface area (Å²) in [6, 6.07) is 0. The average molecular weight is 187 g/mol. The molecule has 0 saturated carbocycles. The quantitative estimate of drug-likeness (QED) is 0.494. The third kappa shape index (κ3) is 6.47. The molecule has 0 aliphatic heterocycles. The van der Waals surface area contributed by atoms with Crippen LogP contribution in [0.2, 0.25) is 0 Å². The van der Waals surface area contributed by atoms with Crippen LogP contribution in [0, 0.1) is 6.08 Å². The normalized spacial score (nSPS) is 28.6. The fraction of sp³-hybridized carbons (Fsp3) is 0.429. The Balaban J connectivity index is 2.35. The fourth-order valence-corrected chi connectivity index (χ4v) is 1.35. The van der Waals surface area contributed by atoms with E-state index in [1.165, 1.54) is 19.3 Å². The molecule has 0 fully saturated rings. The molecule has 0 amide bonds. The zero-order valence-electron chi connectivity index (χ0n) is 8.78. The lowest BCUT2D eigenvalue weighted by Gasteiger charge is -1.92. The van der Waals surface area contributed by atoms with Gasteiger partial charge in [-0.05, 0) is 44.6 Å². The van der Waals surface area contributed by atoms with Crippen molar-refractivity contribution in [2.45, 2.75) is 38.5 Å². The first kappa shape index (κ1) is 11.0. The zero-order valence-corrected chi connectivity index (χ0v) is 8.78. The highest BCUT2D eigenvalue weighted by molar-refractivity contribution is 5.03. The number of hydrogen-bond donors (Lipinski definition) is 0. The molecule has 14 heavy (non-hydrogen) atoms. The van der Waals surface area contributed by atoms with Gasteiger partial charge in [-0.15, -0.1) is 0 Å². The Labute approximate surface area is 87.7 Å². The molecule has 1 aliphatic rings. The van der Waals surface area contributed by atoms with Crippen molar-refractivity contribution in [1.29, 1.82) is 0 Å². The van der Waals surface area contributed by atoms with Crippen LogP contribution in [0.15, 0.2) is 42.5 Å². The summed E-state index contributed by atoms with van der Waals surface area (Å²) in [5, 5.41) is 0. The second-order valence-electron chi connectivity index (χ2n) is 3.46. The van der Waals surface area contributed by atoms with E-state index in [2.05, 4.69) is 42.5 Å². The summed E-state index contributed by atoms with van der Waals surface area (Å²) in [6.45, 7) is 0. The minimum atomic E-state index is 1.03. The van der Waals surface area contributed by atoms with E-state index in [-0.39, 0.29) is 0 Å². The van der Waals surface area contributed by atoms with Crippen molar-refractivity contribution >= 4 is 0 Å². The van der Waals surface area contributed by atoms with E-state index in [9.17, 15) is 0 Å². The monoisotopic (exact) mass is 187 g/mol. The van der Waals surface area contributed by atoms with Gasteiger partial charge in [-0.2, -0.15) is 0 Å². The third-order valence-electron chi connectivity index (χ3n) is 2.17. The van der Waals surface area contributed by atoms with Gasteiger partial charge in [-0.3, -0.25) is 0 Å². The smallest absolute Gasteiger partial charge is 0.0166 e. The Kier molecular flexibility index (Phi) is 6.74. The summed E-state index contributed by atoms with van der Waals surface area (Å²) < 4.78 is 0.